The highest BCUT2D eigenvalue weighted by atomic mass is 32.2. The van der Waals surface area contributed by atoms with E-state index in [0.29, 0.717) is 18.8 Å². The fourth-order valence-corrected chi connectivity index (χ4v) is 5.53. The molecule has 0 aromatic heterocycles. The molecule has 5 N–H and O–H groups in total. The van der Waals surface area contributed by atoms with Crippen molar-refractivity contribution in [3.8, 4) is 0 Å². The van der Waals surface area contributed by atoms with Gasteiger partial charge in [0.1, 0.15) is 11.9 Å². The Labute approximate surface area is 220 Å². The average molecular weight is 547 g/mol. The second-order valence-electron chi connectivity index (χ2n) is 9.15. The van der Waals surface area contributed by atoms with E-state index in [9.17, 15) is 27.5 Å². The zero-order chi connectivity index (χ0) is 27.1. The molecule has 2 aliphatic heterocycles. The molecule has 1 atom stereocenters. The lowest BCUT2D eigenvalue weighted by molar-refractivity contribution is -0.138. The van der Waals surface area contributed by atoms with Gasteiger partial charge in [0.2, 0.25) is 10.0 Å². The summed E-state index contributed by atoms with van der Waals surface area (Å²) in [5.41, 5.74) is 0.553. The van der Waals surface area contributed by atoms with Gasteiger partial charge in [-0.1, -0.05) is 18.2 Å². The molecule has 0 bridgehead atoms. The monoisotopic (exact) mass is 546 g/mol. The predicted molar refractivity (Wildman–Crippen MR) is 140 cm³/mol. The van der Waals surface area contributed by atoms with Crippen LogP contribution >= 0.6 is 0 Å². The number of carboxylic acids is 1. The van der Waals surface area contributed by atoms with Crippen LogP contribution in [-0.4, -0.2) is 76.2 Å². The number of hydrogen-bond acceptors (Lipinski definition) is 8. The summed E-state index contributed by atoms with van der Waals surface area (Å²) in [5, 5.41) is 18.5. The first kappa shape index (κ1) is 27.3. The van der Waals surface area contributed by atoms with Crippen molar-refractivity contribution >= 4 is 33.5 Å². The molecule has 11 nitrogen and oxygen atoms in total. The second-order valence-corrected chi connectivity index (χ2v) is 10.9. The number of hydrogen-bond donors (Lipinski definition) is 5. The molecule has 13 heteroatoms. The van der Waals surface area contributed by atoms with E-state index in [1.807, 2.05) is 4.90 Å². The van der Waals surface area contributed by atoms with Gasteiger partial charge in [-0.15, -0.1) is 0 Å². The Morgan fingerprint density at radius 1 is 1.16 bits per heavy atom. The summed E-state index contributed by atoms with van der Waals surface area (Å²) in [4.78, 5) is 30.8. The number of amides is 1. The van der Waals surface area contributed by atoms with E-state index in [-0.39, 0.29) is 16.5 Å². The molecule has 0 aliphatic carbocycles. The summed E-state index contributed by atoms with van der Waals surface area (Å²) in [6.45, 7) is 2.47. The SMILES string of the molecule is O=C(NC[C@H](NS(=O)(=O)c1ccccc1)C(=O)O)c1cc(F)cc(N2CCC(NC3=NCCCN3)CC2)c1. The highest BCUT2D eigenvalue weighted by molar-refractivity contribution is 7.89. The zero-order valence-corrected chi connectivity index (χ0v) is 21.5. The van der Waals surface area contributed by atoms with Crippen LogP contribution in [0.2, 0.25) is 0 Å². The summed E-state index contributed by atoms with van der Waals surface area (Å²) in [5.74, 6) is -1.97. The summed E-state index contributed by atoms with van der Waals surface area (Å²) in [6, 6.07) is 9.88. The lowest BCUT2D eigenvalue weighted by Gasteiger charge is -2.35. The Balaban J connectivity index is 1.36. The van der Waals surface area contributed by atoms with Crippen LogP contribution in [0.1, 0.15) is 29.6 Å². The third kappa shape index (κ3) is 7.19. The molecule has 2 aromatic carbocycles. The summed E-state index contributed by atoms with van der Waals surface area (Å²) < 4.78 is 41.5. The van der Waals surface area contributed by atoms with E-state index in [0.717, 1.165) is 44.4 Å². The van der Waals surface area contributed by atoms with Crippen molar-refractivity contribution in [2.24, 2.45) is 4.99 Å². The first-order valence-electron chi connectivity index (χ1n) is 12.4. The van der Waals surface area contributed by atoms with E-state index in [1.165, 1.54) is 30.3 Å². The van der Waals surface area contributed by atoms with Crippen molar-refractivity contribution in [2.45, 2.75) is 36.2 Å². The number of rotatable bonds is 9. The smallest absolute Gasteiger partial charge is 0.323 e. The van der Waals surface area contributed by atoms with Crippen LogP contribution in [0.4, 0.5) is 10.1 Å². The molecule has 1 fully saturated rings. The average Bonchev–Trinajstić information content (AvgIpc) is 2.92. The Morgan fingerprint density at radius 3 is 2.55 bits per heavy atom. The molecule has 0 spiro atoms. The highest BCUT2D eigenvalue weighted by Gasteiger charge is 2.27. The molecule has 0 saturated carbocycles. The molecule has 4 rings (SSSR count). The van der Waals surface area contributed by atoms with E-state index in [4.69, 9.17) is 0 Å². The predicted octanol–water partition coefficient (Wildman–Crippen LogP) is 0.895. The summed E-state index contributed by atoms with van der Waals surface area (Å²) in [7, 11) is -4.12. The van der Waals surface area contributed by atoms with Crippen molar-refractivity contribution in [1.29, 1.82) is 0 Å². The van der Waals surface area contributed by atoms with Crippen molar-refractivity contribution in [3.63, 3.8) is 0 Å². The molecule has 2 aliphatic rings. The number of aliphatic imine (C=N–C) groups is 1. The van der Waals surface area contributed by atoms with E-state index >= 15 is 0 Å². The number of guanidine groups is 1. The van der Waals surface area contributed by atoms with Crippen molar-refractivity contribution < 1.29 is 27.5 Å². The zero-order valence-electron chi connectivity index (χ0n) is 20.7. The summed E-state index contributed by atoms with van der Waals surface area (Å²) in [6.07, 6.45) is 2.63. The topological polar surface area (TPSA) is 152 Å². The Kier molecular flexibility index (Phi) is 8.79. The standard InChI is InChI=1S/C25H31FN6O5S/c26-18-13-17(14-20(15-18)32-11-7-19(8-12-32)30-25-27-9-4-10-28-25)23(33)29-16-22(24(34)35)31-38(36,37)21-5-2-1-3-6-21/h1-3,5-6,13-15,19,22,31H,4,7-12,16H2,(H,29,33)(H,34,35)(H2,27,28,30)/t22-/m0/s1. The molecule has 204 valence electrons. The molecular weight excluding hydrogens is 515 g/mol. The van der Waals surface area contributed by atoms with Gasteiger partial charge in [0.25, 0.3) is 5.91 Å². The van der Waals surface area contributed by atoms with E-state index in [2.05, 4.69) is 25.7 Å². The van der Waals surface area contributed by atoms with Crippen molar-refractivity contribution in [1.82, 2.24) is 20.7 Å². The Bertz CT molecular complexity index is 1280. The molecule has 2 heterocycles. The number of carboxylic acid groups (broad SMARTS) is 1. The van der Waals surface area contributed by atoms with Crippen LogP contribution in [0.15, 0.2) is 58.4 Å². The maximum absolute atomic E-state index is 14.4. The van der Waals surface area contributed by atoms with Crippen LogP contribution in [0, 0.1) is 5.82 Å². The van der Waals surface area contributed by atoms with Gasteiger partial charge in [0, 0.05) is 50.0 Å². The molecule has 2 aromatic rings. The van der Waals surface area contributed by atoms with Crippen LogP contribution in [0.5, 0.6) is 0 Å². The molecule has 1 saturated heterocycles. The number of sulfonamides is 1. The van der Waals surface area contributed by atoms with Crippen LogP contribution in [0.25, 0.3) is 0 Å². The largest absolute Gasteiger partial charge is 0.480 e. The van der Waals surface area contributed by atoms with E-state index in [1.54, 1.807) is 12.1 Å². The van der Waals surface area contributed by atoms with Gasteiger partial charge in [-0.25, -0.2) is 12.8 Å². The minimum Gasteiger partial charge on any atom is -0.480 e. The number of anilines is 1. The van der Waals surface area contributed by atoms with Gasteiger partial charge < -0.3 is 26.0 Å². The molecule has 38 heavy (non-hydrogen) atoms. The van der Waals surface area contributed by atoms with Gasteiger partial charge in [0.05, 0.1) is 4.90 Å². The molecule has 0 radical (unpaired) electrons. The first-order chi connectivity index (χ1) is 18.2. The van der Waals surface area contributed by atoms with Crippen LogP contribution in [0.3, 0.4) is 0 Å². The third-order valence-corrected chi connectivity index (χ3v) is 7.85. The number of carbonyl (C=O) groups is 2. The van der Waals surface area contributed by atoms with E-state index < -0.39 is 40.3 Å². The first-order valence-corrected chi connectivity index (χ1v) is 13.9. The highest BCUT2D eigenvalue weighted by Crippen LogP contribution is 2.23. The van der Waals surface area contributed by atoms with Gasteiger partial charge in [-0.05, 0) is 49.6 Å². The van der Waals surface area contributed by atoms with Crippen LogP contribution < -0.4 is 25.6 Å². The molecular formula is C25H31FN6O5S. The normalized spacial score (nSPS) is 17.2. The Hall–Kier alpha value is -3.71. The van der Waals surface area contributed by atoms with Crippen LogP contribution in [-0.2, 0) is 14.8 Å². The number of nitrogens with one attached hydrogen (secondary N) is 4. The number of carbonyl (C=O) groups excluding carboxylic acids is 1. The number of aliphatic carboxylic acids is 1. The number of halogens is 1. The lowest BCUT2D eigenvalue weighted by atomic mass is 10.0. The minimum atomic E-state index is -4.12. The Morgan fingerprint density at radius 2 is 1.89 bits per heavy atom. The lowest BCUT2D eigenvalue weighted by Crippen LogP contribution is -2.50. The second kappa shape index (κ2) is 12.2. The third-order valence-electron chi connectivity index (χ3n) is 6.36. The maximum Gasteiger partial charge on any atom is 0.323 e. The van der Waals surface area contributed by atoms with Gasteiger partial charge in [-0.2, -0.15) is 4.72 Å². The fourth-order valence-electron chi connectivity index (χ4n) is 4.32. The number of benzene rings is 2. The van der Waals surface area contributed by atoms with Crippen molar-refractivity contribution in [3.05, 3.63) is 59.9 Å². The van der Waals surface area contributed by atoms with Gasteiger partial charge in [0.15, 0.2) is 5.96 Å². The summed E-state index contributed by atoms with van der Waals surface area (Å²) >= 11 is 0. The van der Waals surface area contributed by atoms with Gasteiger partial charge >= 0.3 is 5.97 Å². The maximum atomic E-state index is 14.4. The number of nitrogens with zero attached hydrogens (tertiary/aromatic N) is 2. The fraction of sp³-hybridized carbons (Fsp3) is 0.400. The quantitative estimate of drug-likeness (QED) is 0.311. The van der Waals surface area contributed by atoms with Gasteiger partial charge in [-0.3, -0.25) is 14.6 Å². The number of piperidine rings is 1. The van der Waals surface area contributed by atoms with Crippen molar-refractivity contribution in [2.75, 3.05) is 37.6 Å². The molecule has 1 amide bonds. The minimum absolute atomic E-state index is 0.0102. The molecule has 0 unspecified atom stereocenters.